The van der Waals surface area contributed by atoms with Gasteiger partial charge in [-0.3, -0.25) is 4.98 Å². The van der Waals surface area contributed by atoms with Gasteiger partial charge >= 0.3 is 0 Å². The van der Waals surface area contributed by atoms with E-state index in [2.05, 4.69) is 43.3 Å². The number of anilines is 2. The number of hydrogen-bond acceptors (Lipinski definition) is 9. The summed E-state index contributed by atoms with van der Waals surface area (Å²) in [6.45, 7) is 16.7. The Labute approximate surface area is 223 Å². The van der Waals surface area contributed by atoms with E-state index in [0.29, 0.717) is 5.95 Å². The van der Waals surface area contributed by atoms with Crippen LogP contribution in [-0.2, 0) is 0 Å². The smallest absolute Gasteiger partial charge is 0.225 e. The maximum atomic E-state index is 10.6. The first-order chi connectivity index (χ1) is 16.8. The molecular weight excluding hydrogens is 488 g/mol. The van der Waals surface area contributed by atoms with Gasteiger partial charge in [0.1, 0.15) is 16.3 Å². The fourth-order valence-electron chi connectivity index (χ4n) is 4.67. The largest absolute Gasteiger partial charge is 0.390 e. The molecule has 0 spiro atoms. The third-order valence-electron chi connectivity index (χ3n) is 6.71. The Hall–Kier alpha value is -1.97. The summed E-state index contributed by atoms with van der Waals surface area (Å²) in [5.41, 5.74) is 3.03. The molecule has 36 heavy (non-hydrogen) atoms. The number of pyridine rings is 1. The Bertz CT molecular complexity index is 1210. The molecule has 0 aliphatic heterocycles. The van der Waals surface area contributed by atoms with E-state index < -0.39 is 5.60 Å². The van der Waals surface area contributed by atoms with Crippen molar-refractivity contribution < 1.29 is 5.11 Å². The third-order valence-corrected chi connectivity index (χ3v) is 9.28. The number of aryl methyl sites for hydroxylation is 2. The maximum Gasteiger partial charge on any atom is 0.225 e. The van der Waals surface area contributed by atoms with Crippen molar-refractivity contribution in [3.05, 3.63) is 23.7 Å². The minimum absolute atomic E-state index is 0.211. The Morgan fingerprint density at radius 2 is 1.86 bits per heavy atom. The number of rotatable bonds is 8. The van der Waals surface area contributed by atoms with Crippen molar-refractivity contribution in [1.82, 2.24) is 19.9 Å². The summed E-state index contributed by atoms with van der Waals surface area (Å²) in [6.07, 6.45) is 4.75. The van der Waals surface area contributed by atoms with Gasteiger partial charge in [0.25, 0.3) is 0 Å². The Morgan fingerprint density at radius 3 is 2.50 bits per heavy atom. The SMILES string of the molecule is Cc1nc(NC(C)CSC(C)(C)C)nc(NC2CCC(C(C)(C)O)C2)c1-c1nc2c(C)nccc2s1. The second-order valence-corrected chi connectivity index (χ2v) is 14.5. The summed E-state index contributed by atoms with van der Waals surface area (Å²) >= 11 is 3.58. The van der Waals surface area contributed by atoms with Crippen LogP contribution in [0.2, 0.25) is 0 Å². The van der Waals surface area contributed by atoms with Gasteiger partial charge in [-0.05, 0) is 65.9 Å². The number of aliphatic hydroxyl groups is 1. The molecule has 0 radical (unpaired) electrons. The Kier molecular flexibility index (Phi) is 7.84. The van der Waals surface area contributed by atoms with Crippen LogP contribution in [0.5, 0.6) is 0 Å². The van der Waals surface area contributed by atoms with Crippen molar-refractivity contribution in [3.63, 3.8) is 0 Å². The van der Waals surface area contributed by atoms with E-state index in [1.807, 2.05) is 51.7 Å². The van der Waals surface area contributed by atoms with Gasteiger partial charge < -0.3 is 15.7 Å². The number of thioether (sulfide) groups is 1. The minimum atomic E-state index is -0.675. The molecule has 1 fully saturated rings. The van der Waals surface area contributed by atoms with Crippen molar-refractivity contribution in [2.24, 2.45) is 5.92 Å². The van der Waals surface area contributed by atoms with Gasteiger partial charge in [-0.1, -0.05) is 20.8 Å². The number of fused-ring (bicyclic) bond motifs is 1. The van der Waals surface area contributed by atoms with Crippen LogP contribution in [0.15, 0.2) is 12.3 Å². The number of thiazole rings is 1. The molecular formula is C27H40N6OS2. The van der Waals surface area contributed by atoms with Crippen LogP contribution < -0.4 is 10.6 Å². The molecule has 3 aromatic rings. The summed E-state index contributed by atoms with van der Waals surface area (Å²) < 4.78 is 1.32. The van der Waals surface area contributed by atoms with Crippen LogP contribution in [0.1, 0.15) is 72.2 Å². The lowest BCUT2D eigenvalue weighted by Crippen LogP contribution is -2.30. The zero-order valence-electron chi connectivity index (χ0n) is 22.8. The van der Waals surface area contributed by atoms with Crippen LogP contribution in [0.25, 0.3) is 20.8 Å². The van der Waals surface area contributed by atoms with Crippen molar-refractivity contribution in [2.45, 2.75) is 97.1 Å². The van der Waals surface area contributed by atoms with Crippen LogP contribution in [-0.4, -0.2) is 53.2 Å². The van der Waals surface area contributed by atoms with Crippen LogP contribution >= 0.6 is 23.1 Å². The molecule has 1 aliphatic carbocycles. The zero-order valence-corrected chi connectivity index (χ0v) is 24.4. The van der Waals surface area contributed by atoms with Crippen LogP contribution in [0.3, 0.4) is 0 Å². The molecule has 3 atom stereocenters. The van der Waals surface area contributed by atoms with Gasteiger partial charge in [-0.2, -0.15) is 16.7 Å². The first-order valence-electron chi connectivity index (χ1n) is 12.8. The van der Waals surface area contributed by atoms with E-state index in [0.717, 1.165) is 63.0 Å². The molecule has 0 aromatic carbocycles. The molecule has 1 saturated carbocycles. The zero-order chi connectivity index (χ0) is 26.3. The van der Waals surface area contributed by atoms with E-state index in [1.54, 1.807) is 11.3 Å². The van der Waals surface area contributed by atoms with Crippen LogP contribution in [0, 0.1) is 19.8 Å². The van der Waals surface area contributed by atoms with E-state index in [-0.39, 0.29) is 22.7 Å². The molecule has 0 saturated heterocycles. The van der Waals surface area contributed by atoms with Gasteiger partial charge in [0.15, 0.2) is 0 Å². The highest BCUT2D eigenvalue weighted by Gasteiger charge is 2.35. The monoisotopic (exact) mass is 528 g/mol. The lowest BCUT2D eigenvalue weighted by atomic mass is 9.89. The molecule has 0 bridgehead atoms. The van der Waals surface area contributed by atoms with E-state index in [4.69, 9.17) is 15.0 Å². The van der Waals surface area contributed by atoms with Gasteiger partial charge in [0, 0.05) is 28.8 Å². The van der Waals surface area contributed by atoms with Gasteiger partial charge in [0.2, 0.25) is 5.95 Å². The Balaban J connectivity index is 1.67. The number of aromatic nitrogens is 4. The predicted molar refractivity (Wildman–Crippen MR) is 154 cm³/mol. The van der Waals surface area contributed by atoms with Crippen molar-refractivity contribution in [1.29, 1.82) is 0 Å². The molecule has 0 amide bonds. The van der Waals surface area contributed by atoms with Crippen LogP contribution in [0.4, 0.5) is 11.8 Å². The van der Waals surface area contributed by atoms with E-state index >= 15 is 0 Å². The quantitative estimate of drug-likeness (QED) is 0.307. The molecule has 7 nitrogen and oxygen atoms in total. The second kappa shape index (κ2) is 10.4. The standard InChI is InChI=1S/C27H40N6OS2/c1-15(14-35-26(4,5)6)29-25-30-16(2)21(24-32-22-17(3)28-12-11-20(22)36-24)23(33-25)31-19-10-9-18(13-19)27(7,8)34/h11-12,15,18-19,34H,9-10,13-14H2,1-8H3,(H2,29,30,31,33). The van der Waals surface area contributed by atoms with Gasteiger partial charge in [0.05, 0.1) is 27.3 Å². The molecule has 3 N–H and O–H groups in total. The molecule has 3 aromatic heterocycles. The lowest BCUT2D eigenvalue weighted by Gasteiger charge is -2.26. The molecule has 3 unspecified atom stereocenters. The molecule has 1 aliphatic rings. The molecule has 3 heterocycles. The van der Waals surface area contributed by atoms with Crippen molar-refractivity contribution in [3.8, 4) is 10.6 Å². The first-order valence-corrected chi connectivity index (χ1v) is 14.6. The number of nitrogens with zero attached hydrogens (tertiary/aromatic N) is 4. The Morgan fingerprint density at radius 1 is 1.11 bits per heavy atom. The fourth-order valence-corrected chi connectivity index (χ4v) is 6.62. The van der Waals surface area contributed by atoms with Gasteiger partial charge in [-0.25, -0.2) is 9.97 Å². The second-order valence-electron chi connectivity index (χ2n) is 11.6. The topological polar surface area (TPSA) is 95.9 Å². The average Bonchev–Trinajstić information content (AvgIpc) is 3.39. The third kappa shape index (κ3) is 6.47. The highest BCUT2D eigenvalue weighted by Crippen LogP contribution is 2.40. The number of nitrogens with one attached hydrogen (secondary N) is 2. The highest BCUT2D eigenvalue weighted by atomic mass is 32.2. The first kappa shape index (κ1) is 27.1. The average molecular weight is 529 g/mol. The summed E-state index contributed by atoms with van der Waals surface area (Å²) in [5.74, 6) is 2.68. The van der Waals surface area contributed by atoms with E-state index in [9.17, 15) is 5.11 Å². The fraction of sp³-hybridized carbons (Fsp3) is 0.630. The van der Waals surface area contributed by atoms with E-state index in [1.165, 1.54) is 0 Å². The number of hydrogen-bond donors (Lipinski definition) is 3. The van der Waals surface area contributed by atoms with Gasteiger partial charge in [-0.15, -0.1) is 11.3 Å². The predicted octanol–water partition coefficient (Wildman–Crippen LogP) is 6.45. The van der Waals surface area contributed by atoms with Crippen molar-refractivity contribution >= 4 is 45.1 Å². The minimum Gasteiger partial charge on any atom is -0.390 e. The molecule has 196 valence electrons. The normalized spacial score (nSPS) is 19.6. The molecule has 4 rings (SSSR count). The summed E-state index contributed by atoms with van der Waals surface area (Å²) in [6, 6.07) is 2.49. The summed E-state index contributed by atoms with van der Waals surface area (Å²) in [4.78, 5) is 19.2. The summed E-state index contributed by atoms with van der Waals surface area (Å²) in [7, 11) is 0. The lowest BCUT2D eigenvalue weighted by molar-refractivity contribution is 0.0197. The highest BCUT2D eigenvalue weighted by molar-refractivity contribution is 8.00. The maximum absolute atomic E-state index is 10.6. The summed E-state index contributed by atoms with van der Waals surface area (Å²) in [5, 5.41) is 18.7. The van der Waals surface area contributed by atoms with Crippen molar-refractivity contribution in [2.75, 3.05) is 16.4 Å². The molecule has 9 heteroatoms.